The lowest BCUT2D eigenvalue weighted by molar-refractivity contribution is -0.144. The van der Waals surface area contributed by atoms with Gasteiger partial charge in [0, 0.05) is 12.5 Å². The molecular formula is C13H29ClO4Si2. The minimum Gasteiger partial charge on any atom is -0.462 e. The van der Waals surface area contributed by atoms with Crippen molar-refractivity contribution in [2.75, 3.05) is 19.1 Å². The second-order valence-electron chi connectivity index (χ2n) is 6.99. The van der Waals surface area contributed by atoms with E-state index in [0.717, 1.165) is 0 Å². The highest BCUT2D eigenvalue weighted by Crippen LogP contribution is 2.17. The van der Waals surface area contributed by atoms with E-state index in [1.807, 2.05) is 0 Å². The van der Waals surface area contributed by atoms with Crippen LogP contribution in [0.2, 0.25) is 39.3 Å². The SMILES string of the molecule is C[C@@H](CO[Si](C)(C)C)[C@H](COC(=O)CCl)O[Si](C)(C)C. The minimum atomic E-state index is -1.71. The van der Waals surface area contributed by atoms with Gasteiger partial charge in [-0.25, -0.2) is 0 Å². The Morgan fingerprint density at radius 2 is 1.60 bits per heavy atom. The number of hydrogen-bond donors (Lipinski definition) is 0. The smallest absolute Gasteiger partial charge is 0.320 e. The molecule has 20 heavy (non-hydrogen) atoms. The summed E-state index contributed by atoms with van der Waals surface area (Å²) in [4.78, 5) is 11.2. The molecule has 0 saturated carbocycles. The lowest BCUT2D eigenvalue weighted by atomic mass is 10.1. The first-order valence-corrected chi connectivity index (χ1v) is 14.3. The molecule has 0 amide bonds. The zero-order valence-corrected chi connectivity index (χ0v) is 16.5. The van der Waals surface area contributed by atoms with Gasteiger partial charge in [-0.2, -0.15) is 0 Å². The van der Waals surface area contributed by atoms with Crippen LogP contribution in [-0.2, 0) is 18.4 Å². The van der Waals surface area contributed by atoms with Crippen LogP contribution in [0, 0.1) is 5.92 Å². The maximum atomic E-state index is 11.2. The van der Waals surface area contributed by atoms with Crippen molar-refractivity contribution in [2.24, 2.45) is 5.92 Å². The number of esters is 1. The molecule has 4 nitrogen and oxygen atoms in total. The maximum Gasteiger partial charge on any atom is 0.320 e. The van der Waals surface area contributed by atoms with Crippen LogP contribution in [0.15, 0.2) is 0 Å². The van der Waals surface area contributed by atoms with Crippen LogP contribution in [0.1, 0.15) is 6.92 Å². The summed E-state index contributed by atoms with van der Waals surface area (Å²) in [5, 5.41) is 0. The van der Waals surface area contributed by atoms with Crippen LogP contribution in [0.25, 0.3) is 0 Å². The average Bonchev–Trinajstić information content (AvgIpc) is 2.28. The Morgan fingerprint density at radius 1 is 1.05 bits per heavy atom. The van der Waals surface area contributed by atoms with Crippen LogP contribution in [0.3, 0.4) is 0 Å². The Labute approximate surface area is 130 Å². The van der Waals surface area contributed by atoms with E-state index < -0.39 is 22.6 Å². The molecule has 0 aliphatic heterocycles. The molecule has 0 aliphatic rings. The molecule has 0 aromatic rings. The van der Waals surface area contributed by atoms with Gasteiger partial charge in [-0.05, 0) is 39.3 Å². The topological polar surface area (TPSA) is 44.8 Å². The molecule has 2 atom stereocenters. The molecule has 120 valence electrons. The van der Waals surface area contributed by atoms with Crippen molar-refractivity contribution in [3.63, 3.8) is 0 Å². The summed E-state index contributed by atoms with van der Waals surface area (Å²) >= 11 is 5.44. The number of ether oxygens (including phenoxy) is 1. The van der Waals surface area contributed by atoms with Crippen molar-refractivity contribution < 1.29 is 18.4 Å². The predicted octanol–water partition coefficient (Wildman–Crippen LogP) is 3.48. The number of hydrogen-bond acceptors (Lipinski definition) is 4. The van der Waals surface area contributed by atoms with E-state index in [9.17, 15) is 4.79 Å². The van der Waals surface area contributed by atoms with Gasteiger partial charge in [0.15, 0.2) is 16.6 Å². The Hall–Kier alpha value is 0.114. The molecule has 7 heteroatoms. The Balaban J connectivity index is 4.53. The monoisotopic (exact) mass is 340 g/mol. The molecule has 0 aliphatic carbocycles. The lowest BCUT2D eigenvalue weighted by Gasteiger charge is -2.31. The highest BCUT2D eigenvalue weighted by Gasteiger charge is 2.28. The Kier molecular flexibility index (Phi) is 8.58. The first-order chi connectivity index (χ1) is 8.94. The van der Waals surface area contributed by atoms with E-state index >= 15 is 0 Å². The first kappa shape index (κ1) is 20.1. The predicted molar refractivity (Wildman–Crippen MR) is 88.4 cm³/mol. The number of rotatable bonds is 9. The first-order valence-electron chi connectivity index (χ1n) is 6.98. The van der Waals surface area contributed by atoms with Crippen LogP contribution >= 0.6 is 11.6 Å². The van der Waals surface area contributed by atoms with Crippen LogP contribution in [0.5, 0.6) is 0 Å². The summed E-state index contributed by atoms with van der Waals surface area (Å²) in [5.41, 5.74) is 0. The maximum absolute atomic E-state index is 11.2. The summed E-state index contributed by atoms with van der Waals surface area (Å²) < 4.78 is 17.2. The van der Waals surface area contributed by atoms with Gasteiger partial charge in [-0.15, -0.1) is 11.6 Å². The van der Waals surface area contributed by atoms with Gasteiger partial charge < -0.3 is 13.6 Å². The van der Waals surface area contributed by atoms with Crippen molar-refractivity contribution in [1.29, 1.82) is 0 Å². The quantitative estimate of drug-likeness (QED) is 0.366. The third kappa shape index (κ3) is 10.8. The van der Waals surface area contributed by atoms with Crippen molar-refractivity contribution in [3.05, 3.63) is 0 Å². The van der Waals surface area contributed by atoms with E-state index in [1.165, 1.54) is 0 Å². The normalized spacial score (nSPS) is 15.8. The summed E-state index contributed by atoms with van der Waals surface area (Å²) in [6.07, 6.45) is -0.134. The van der Waals surface area contributed by atoms with Crippen molar-refractivity contribution in [2.45, 2.75) is 52.3 Å². The Morgan fingerprint density at radius 3 is 2.00 bits per heavy atom. The molecular weight excluding hydrogens is 312 g/mol. The molecule has 0 rings (SSSR count). The number of carbonyl (C=O) groups excluding carboxylic acids is 1. The largest absolute Gasteiger partial charge is 0.462 e. The molecule has 0 saturated heterocycles. The van der Waals surface area contributed by atoms with Crippen molar-refractivity contribution in [3.8, 4) is 0 Å². The molecule has 0 spiro atoms. The zero-order valence-electron chi connectivity index (χ0n) is 13.8. The fourth-order valence-electron chi connectivity index (χ4n) is 1.47. The fraction of sp³-hybridized carbons (Fsp3) is 0.923. The van der Waals surface area contributed by atoms with E-state index in [0.29, 0.717) is 6.61 Å². The molecule has 0 fully saturated rings. The van der Waals surface area contributed by atoms with E-state index in [4.69, 9.17) is 25.2 Å². The third-order valence-corrected chi connectivity index (χ3v) is 4.70. The van der Waals surface area contributed by atoms with E-state index in [2.05, 4.69) is 46.2 Å². The zero-order chi connectivity index (χ0) is 16.0. The van der Waals surface area contributed by atoms with Crippen molar-refractivity contribution in [1.82, 2.24) is 0 Å². The van der Waals surface area contributed by atoms with Gasteiger partial charge in [-0.1, -0.05) is 6.92 Å². The third-order valence-electron chi connectivity index (χ3n) is 2.44. The molecule has 0 aromatic carbocycles. The van der Waals surface area contributed by atoms with Crippen molar-refractivity contribution >= 4 is 34.2 Å². The summed E-state index contributed by atoms with van der Waals surface area (Å²) in [6.45, 7) is 15.8. The summed E-state index contributed by atoms with van der Waals surface area (Å²) in [7, 11) is -3.26. The fourth-order valence-corrected chi connectivity index (χ4v) is 3.52. The van der Waals surface area contributed by atoms with Gasteiger partial charge in [-0.3, -0.25) is 4.79 Å². The van der Waals surface area contributed by atoms with E-state index in [-0.39, 0.29) is 24.5 Å². The van der Waals surface area contributed by atoms with Crippen LogP contribution in [-0.4, -0.2) is 47.8 Å². The van der Waals surface area contributed by atoms with Gasteiger partial charge >= 0.3 is 5.97 Å². The molecule has 0 N–H and O–H groups in total. The lowest BCUT2D eigenvalue weighted by Crippen LogP contribution is -2.41. The average molecular weight is 341 g/mol. The molecule has 0 heterocycles. The summed E-state index contributed by atoms with van der Waals surface area (Å²) in [5.74, 6) is -0.356. The van der Waals surface area contributed by atoms with Crippen LogP contribution in [0.4, 0.5) is 0 Å². The van der Waals surface area contributed by atoms with Gasteiger partial charge in [0.2, 0.25) is 0 Å². The van der Waals surface area contributed by atoms with E-state index in [1.54, 1.807) is 0 Å². The molecule has 0 aromatic heterocycles. The van der Waals surface area contributed by atoms with Gasteiger partial charge in [0.1, 0.15) is 12.5 Å². The molecule has 0 unspecified atom stereocenters. The standard InChI is InChI=1S/C13H29ClO4Si2/c1-11(9-17-19(2,3)4)12(18-20(5,6)7)10-16-13(15)8-14/h11-12H,8-10H2,1-7H3/t11-,12-/m0/s1. The second kappa shape index (κ2) is 8.53. The number of carbonyl (C=O) groups is 1. The van der Waals surface area contributed by atoms with Gasteiger partial charge in [0.25, 0.3) is 0 Å². The summed E-state index contributed by atoms with van der Waals surface area (Å²) in [6, 6.07) is 0. The highest BCUT2D eigenvalue weighted by atomic mass is 35.5. The molecule has 0 radical (unpaired) electrons. The Bertz CT molecular complexity index is 300. The second-order valence-corrected chi connectivity index (χ2v) is 16.2. The molecule has 0 bridgehead atoms. The number of alkyl halides is 1. The highest BCUT2D eigenvalue weighted by molar-refractivity contribution is 6.70. The minimum absolute atomic E-state index is 0.126. The van der Waals surface area contributed by atoms with Gasteiger partial charge in [0.05, 0.1) is 6.10 Å². The number of halogens is 1. The van der Waals surface area contributed by atoms with Crippen LogP contribution < -0.4 is 0 Å².